The molecule has 0 amide bonds. The fraction of sp³-hybridized carbons (Fsp3) is 0.583. The van der Waals surface area contributed by atoms with Crippen LogP contribution in [0.15, 0.2) is 12.3 Å². The molecule has 0 unspecified atom stereocenters. The van der Waals surface area contributed by atoms with Crippen molar-refractivity contribution in [3.8, 4) is 0 Å². The molecular weight excluding hydrogens is 218 g/mol. The predicted molar refractivity (Wildman–Crippen MR) is 65.8 cm³/mol. The number of carbonyl (C=O) groups excluding carboxylic acids is 1. The monoisotopic (exact) mass is 237 g/mol. The first kappa shape index (κ1) is 13.4. The smallest absolute Gasteiger partial charge is 0.310 e. The molecule has 17 heavy (non-hydrogen) atoms. The molecule has 1 aromatic heterocycles. The third-order valence-corrected chi connectivity index (χ3v) is 2.54. The summed E-state index contributed by atoms with van der Waals surface area (Å²) in [5, 5.41) is 0. The summed E-state index contributed by atoms with van der Waals surface area (Å²) in [5.41, 5.74) is 0.916. The van der Waals surface area contributed by atoms with E-state index in [1.54, 1.807) is 6.20 Å². The maximum atomic E-state index is 11.4. The highest BCUT2D eigenvalue weighted by molar-refractivity contribution is 5.72. The second-order valence-electron chi connectivity index (χ2n) is 3.96. The van der Waals surface area contributed by atoms with Gasteiger partial charge in [0.15, 0.2) is 0 Å². The summed E-state index contributed by atoms with van der Waals surface area (Å²) in [6.07, 6.45) is 1.73. The molecule has 1 heterocycles. The number of hydrogen-bond donors (Lipinski definition) is 0. The highest BCUT2D eigenvalue weighted by atomic mass is 16.5. The van der Waals surface area contributed by atoms with Gasteiger partial charge in [0.1, 0.15) is 0 Å². The molecule has 0 aliphatic heterocycles. The van der Waals surface area contributed by atoms with Crippen LogP contribution in [0, 0.1) is 12.8 Å². The van der Waals surface area contributed by atoms with Crippen LogP contribution in [0.4, 0.5) is 5.95 Å². The Balaban J connectivity index is 2.75. The molecule has 0 bridgehead atoms. The molecular formula is C12H19N3O2. The van der Waals surface area contributed by atoms with Crippen LogP contribution < -0.4 is 4.90 Å². The maximum Gasteiger partial charge on any atom is 0.310 e. The van der Waals surface area contributed by atoms with E-state index in [0.717, 1.165) is 12.2 Å². The lowest BCUT2D eigenvalue weighted by Gasteiger charge is -2.23. The van der Waals surface area contributed by atoms with Crippen LogP contribution in [-0.4, -0.2) is 36.1 Å². The van der Waals surface area contributed by atoms with Gasteiger partial charge in [0, 0.05) is 25.0 Å². The van der Waals surface area contributed by atoms with Gasteiger partial charge in [-0.25, -0.2) is 9.97 Å². The van der Waals surface area contributed by atoms with Crippen molar-refractivity contribution < 1.29 is 9.53 Å². The van der Waals surface area contributed by atoms with Crippen LogP contribution >= 0.6 is 0 Å². The molecule has 0 spiro atoms. The van der Waals surface area contributed by atoms with Crippen molar-refractivity contribution in [2.75, 3.05) is 25.1 Å². The zero-order valence-electron chi connectivity index (χ0n) is 10.8. The summed E-state index contributed by atoms with van der Waals surface area (Å²) in [7, 11) is 1.40. The van der Waals surface area contributed by atoms with Crippen molar-refractivity contribution in [2.45, 2.75) is 20.8 Å². The van der Waals surface area contributed by atoms with E-state index in [1.165, 1.54) is 7.11 Å². The van der Waals surface area contributed by atoms with E-state index < -0.39 is 0 Å². The first-order valence-corrected chi connectivity index (χ1v) is 5.70. The minimum atomic E-state index is -0.212. The first-order valence-electron chi connectivity index (χ1n) is 5.70. The maximum absolute atomic E-state index is 11.4. The predicted octanol–water partition coefficient (Wildman–Crippen LogP) is 1.42. The number of ether oxygens (including phenoxy) is 1. The topological polar surface area (TPSA) is 55.3 Å². The molecule has 0 saturated heterocycles. The van der Waals surface area contributed by atoms with Crippen LogP contribution in [0.25, 0.3) is 0 Å². The van der Waals surface area contributed by atoms with E-state index in [-0.39, 0.29) is 11.9 Å². The Morgan fingerprint density at radius 1 is 1.59 bits per heavy atom. The molecule has 0 N–H and O–H groups in total. The van der Waals surface area contributed by atoms with Crippen molar-refractivity contribution in [3.05, 3.63) is 18.0 Å². The Labute approximate surface area is 102 Å². The van der Waals surface area contributed by atoms with Crippen molar-refractivity contribution in [1.82, 2.24) is 9.97 Å². The summed E-state index contributed by atoms with van der Waals surface area (Å²) in [5.74, 6) is 0.253. The number of carbonyl (C=O) groups is 1. The fourth-order valence-corrected chi connectivity index (χ4v) is 1.55. The Hall–Kier alpha value is -1.65. The van der Waals surface area contributed by atoms with Gasteiger partial charge in [-0.2, -0.15) is 0 Å². The third kappa shape index (κ3) is 3.69. The molecule has 0 aliphatic carbocycles. The van der Waals surface area contributed by atoms with E-state index >= 15 is 0 Å². The van der Waals surface area contributed by atoms with Crippen molar-refractivity contribution >= 4 is 11.9 Å². The van der Waals surface area contributed by atoms with Crippen molar-refractivity contribution in [2.24, 2.45) is 5.92 Å². The molecule has 0 saturated carbocycles. The number of aryl methyl sites for hydroxylation is 1. The zero-order chi connectivity index (χ0) is 12.8. The van der Waals surface area contributed by atoms with Gasteiger partial charge < -0.3 is 9.64 Å². The van der Waals surface area contributed by atoms with Crippen molar-refractivity contribution in [3.63, 3.8) is 0 Å². The number of anilines is 1. The van der Waals surface area contributed by atoms with Gasteiger partial charge in [0.2, 0.25) is 5.95 Å². The average molecular weight is 237 g/mol. The molecule has 5 nitrogen and oxygen atoms in total. The standard InChI is InChI=1S/C12H19N3O2/c1-5-15(8-9(2)11(16)17-4)12-13-7-6-10(3)14-12/h6-7,9H,5,8H2,1-4H3/t9-/m0/s1. The normalized spacial score (nSPS) is 12.0. The fourth-order valence-electron chi connectivity index (χ4n) is 1.55. The summed E-state index contributed by atoms with van der Waals surface area (Å²) in [6, 6.07) is 1.85. The quantitative estimate of drug-likeness (QED) is 0.725. The summed E-state index contributed by atoms with van der Waals surface area (Å²) >= 11 is 0. The Kier molecular flexibility index (Phi) is 4.87. The number of nitrogens with zero attached hydrogens (tertiary/aromatic N) is 3. The molecule has 0 fully saturated rings. The third-order valence-electron chi connectivity index (χ3n) is 2.54. The molecule has 0 radical (unpaired) electrons. The van der Waals surface area contributed by atoms with Gasteiger partial charge in [-0.05, 0) is 19.9 Å². The first-order chi connectivity index (χ1) is 8.08. The number of aromatic nitrogens is 2. The minimum Gasteiger partial charge on any atom is -0.469 e. The largest absolute Gasteiger partial charge is 0.469 e. The Bertz CT molecular complexity index is 382. The highest BCUT2D eigenvalue weighted by Gasteiger charge is 2.18. The van der Waals surface area contributed by atoms with Crippen molar-refractivity contribution in [1.29, 1.82) is 0 Å². The average Bonchev–Trinajstić information content (AvgIpc) is 2.34. The molecule has 0 aromatic carbocycles. The van der Waals surface area contributed by atoms with Gasteiger partial charge in [-0.1, -0.05) is 6.92 Å². The van der Waals surface area contributed by atoms with E-state index in [4.69, 9.17) is 4.74 Å². The molecule has 1 rings (SSSR count). The van der Waals surface area contributed by atoms with E-state index in [2.05, 4.69) is 9.97 Å². The lowest BCUT2D eigenvalue weighted by molar-refractivity contribution is -0.144. The van der Waals surface area contributed by atoms with Crippen LogP contribution in [0.1, 0.15) is 19.5 Å². The number of rotatable bonds is 5. The Morgan fingerprint density at radius 2 is 2.29 bits per heavy atom. The molecule has 0 aliphatic rings. The number of hydrogen-bond acceptors (Lipinski definition) is 5. The second-order valence-corrected chi connectivity index (χ2v) is 3.96. The zero-order valence-corrected chi connectivity index (χ0v) is 10.8. The Morgan fingerprint density at radius 3 is 2.82 bits per heavy atom. The van der Waals surface area contributed by atoms with Gasteiger partial charge in [-0.3, -0.25) is 4.79 Å². The minimum absolute atomic E-state index is 0.191. The van der Waals surface area contributed by atoms with Gasteiger partial charge in [0.25, 0.3) is 0 Å². The number of methoxy groups -OCH3 is 1. The molecule has 1 atom stereocenters. The van der Waals surface area contributed by atoms with Gasteiger partial charge >= 0.3 is 5.97 Å². The van der Waals surface area contributed by atoms with Crippen LogP contribution in [0.3, 0.4) is 0 Å². The second kappa shape index (κ2) is 6.18. The SMILES string of the molecule is CCN(C[C@H](C)C(=O)OC)c1nccc(C)n1. The summed E-state index contributed by atoms with van der Waals surface area (Å²) < 4.78 is 4.71. The molecule has 1 aromatic rings. The lowest BCUT2D eigenvalue weighted by Crippen LogP contribution is -2.33. The van der Waals surface area contributed by atoms with E-state index in [9.17, 15) is 4.79 Å². The highest BCUT2D eigenvalue weighted by Crippen LogP contribution is 2.10. The summed E-state index contributed by atoms with van der Waals surface area (Å²) in [6.45, 7) is 7.08. The van der Waals surface area contributed by atoms with Gasteiger partial charge in [0.05, 0.1) is 13.0 Å². The van der Waals surface area contributed by atoms with E-state index in [0.29, 0.717) is 12.5 Å². The molecule has 5 heteroatoms. The molecule has 94 valence electrons. The van der Waals surface area contributed by atoms with E-state index in [1.807, 2.05) is 31.7 Å². The van der Waals surface area contributed by atoms with Gasteiger partial charge in [-0.15, -0.1) is 0 Å². The van der Waals surface area contributed by atoms with Crippen LogP contribution in [0.5, 0.6) is 0 Å². The lowest BCUT2D eigenvalue weighted by atomic mass is 10.2. The van der Waals surface area contributed by atoms with Crippen LogP contribution in [-0.2, 0) is 9.53 Å². The number of esters is 1. The van der Waals surface area contributed by atoms with Crippen LogP contribution in [0.2, 0.25) is 0 Å². The summed E-state index contributed by atoms with van der Waals surface area (Å²) in [4.78, 5) is 21.9.